The van der Waals surface area contributed by atoms with Crippen molar-refractivity contribution in [1.82, 2.24) is 4.90 Å². The third-order valence-electron chi connectivity index (χ3n) is 1.15. The lowest BCUT2D eigenvalue weighted by atomic mass is 10.1. The molecule has 0 radical (unpaired) electrons. The zero-order valence-electron chi connectivity index (χ0n) is 7.46. The van der Waals surface area contributed by atoms with Gasteiger partial charge in [0.1, 0.15) is 11.8 Å². The molecule has 0 aliphatic carbocycles. The van der Waals surface area contributed by atoms with Gasteiger partial charge in [0.15, 0.2) is 5.96 Å². The van der Waals surface area contributed by atoms with Gasteiger partial charge in [-0.3, -0.25) is 0 Å². The average molecular weight is 157 g/mol. The van der Waals surface area contributed by atoms with Crippen LogP contribution in [0.5, 0.6) is 0 Å². The maximum absolute atomic E-state index is 10.4. The fraction of sp³-hybridized carbons (Fsp3) is 0.714. The van der Waals surface area contributed by atoms with E-state index >= 15 is 0 Å². The number of aliphatic imine (C=N–C) groups is 1. The molecule has 0 aliphatic heterocycles. The number of rotatable bonds is 2. The molecule has 4 heteroatoms. The Morgan fingerprint density at radius 2 is 2.00 bits per heavy atom. The van der Waals surface area contributed by atoms with E-state index in [2.05, 4.69) is 4.99 Å². The van der Waals surface area contributed by atoms with Crippen molar-refractivity contribution in [3.8, 4) is 0 Å². The summed E-state index contributed by atoms with van der Waals surface area (Å²) in [5.74, 6) is 0.363. The Labute approximate surface area is 67.1 Å². The second-order valence-corrected chi connectivity index (χ2v) is 3.14. The molecule has 0 rings (SSSR count). The number of nitrogens with two attached hydrogens (primary N) is 1. The molecule has 64 valence electrons. The third kappa shape index (κ3) is 3.60. The number of hydrogen-bond donors (Lipinski definition) is 1. The molecule has 0 aliphatic rings. The Morgan fingerprint density at radius 3 is 2.27 bits per heavy atom. The first-order valence-corrected chi connectivity index (χ1v) is 3.38. The molecule has 0 unspecified atom stereocenters. The minimum absolute atomic E-state index is 0.363. The highest BCUT2D eigenvalue weighted by Crippen LogP contribution is 2.03. The zero-order chi connectivity index (χ0) is 9.07. The van der Waals surface area contributed by atoms with Gasteiger partial charge in [-0.15, -0.1) is 0 Å². The Balaban J connectivity index is 4.41. The van der Waals surface area contributed by atoms with Crippen LogP contribution in [0.4, 0.5) is 0 Å². The van der Waals surface area contributed by atoms with Crippen LogP contribution in [0.1, 0.15) is 13.8 Å². The summed E-state index contributed by atoms with van der Waals surface area (Å²) in [4.78, 5) is 16.0. The van der Waals surface area contributed by atoms with Gasteiger partial charge in [-0.1, -0.05) is 0 Å². The molecule has 0 heterocycles. The van der Waals surface area contributed by atoms with Gasteiger partial charge in [-0.2, -0.15) is 0 Å². The predicted octanol–water partition coefficient (Wildman–Crippen LogP) is -0.160. The summed E-state index contributed by atoms with van der Waals surface area (Å²) in [5, 5.41) is 0. The van der Waals surface area contributed by atoms with Gasteiger partial charge >= 0.3 is 0 Å². The third-order valence-corrected chi connectivity index (χ3v) is 1.15. The van der Waals surface area contributed by atoms with Gasteiger partial charge in [-0.05, 0) is 13.8 Å². The minimum Gasteiger partial charge on any atom is -0.370 e. The van der Waals surface area contributed by atoms with Crippen LogP contribution in [-0.4, -0.2) is 36.8 Å². The van der Waals surface area contributed by atoms with Crippen LogP contribution in [0.3, 0.4) is 0 Å². The van der Waals surface area contributed by atoms with Crippen LogP contribution < -0.4 is 5.73 Å². The lowest BCUT2D eigenvalue weighted by Crippen LogP contribution is -2.34. The molecule has 0 saturated carbocycles. The van der Waals surface area contributed by atoms with Gasteiger partial charge < -0.3 is 15.4 Å². The zero-order valence-corrected chi connectivity index (χ0v) is 7.46. The molecular formula is C7H15N3O. The van der Waals surface area contributed by atoms with Crippen LogP contribution in [-0.2, 0) is 4.79 Å². The number of nitrogens with zero attached hydrogens (tertiary/aromatic N) is 2. The Hall–Kier alpha value is -1.06. The molecule has 11 heavy (non-hydrogen) atoms. The first-order chi connectivity index (χ1) is 4.89. The van der Waals surface area contributed by atoms with Crippen molar-refractivity contribution in [1.29, 1.82) is 0 Å². The van der Waals surface area contributed by atoms with E-state index in [9.17, 15) is 4.79 Å². The van der Waals surface area contributed by atoms with Crippen molar-refractivity contribution in [2.75, 3.05) is 14.1 Å². The van der Waals surface area contributed by atoms with Crippen LogP contribution in [0, 0.1) is 0 Å². The van der Waals surface area contributed by atoms with E-state index in [4.69, 9.17) is 5.73 Å². The highest BCUT2D eigenvalue weighted by atomic mass is 16.1. The minimum atomic E-state index is -0.714. The van der Waals surface area contributed by atoms with Crippen LogP contribution in [0.2, 0.25) is 0 Å². The largest absolute Gasteiger partial charge is 0.370 e. The standard InChI is InChI=1S/C7H15N3O/c1-7(2,5-11)9-6(8)10(3)4/h5H,1-4H3,(H2,8,9). The fourth-order valence-electron chi connectivity index (χ4n) is 0.422. The maximum atomic E-state index is 10.4. The second kappa shape index (κ2) is 3.37. The van der Waals surface area contributed by atoms with Crippen molar-refractivity contribution in [2.24, 2.45) is 10.7 Å². The Morgan fingerprint density at radius 1 is 1.55 bits per heavy atom. The first-order valence-electron chi connectivity index (χ1n) is 3.38. The fourth-order valence-corrected chi connectivity index (χ4v) is 0.422. The van der Waals surface area contributed by atoms with Crippen molar-refractivity contribution in [2.45, 2.75) is 19.4 Å². The van der Waals surface area contributed by atoms with E-state index in [1.807, 2.05) is 0 Å². The van der Waals surface area contributed by atoms with Crippen LogP contribution in [0.15, 0.2) is 4.99 Å². The Bertz CT molecular complexity index is 173. The van der Waals surface area contributed by atoms with Crippen molar-refractivity contribution < 1.29 is 4.79 Å². The monoisotopic (exact) mass is 157 g/mol. The molecule has 4 nitrogen and oxygen atoms in total. The average Bonchev–Trinajstić information content (AvgIpc) is 1.87. The van der Waals surface area contributed by atoms with Crippen molar-refractivity contribution >= 4 is 12.2 Å². The van der Waals surface area contributed by atoms with Gasteiger partial charge in [0, 0.05) is 14.1 Å². The predicted molar refractivity (Wildman–Crippen MR) is 45.5 cm³/mol. The molecule has 0 spiro atoms. The van der Waals surface area contributed by atoms with Gasteiger partial charge in [0.2, 0.25) is 0 Å². The number of carbonyl (C=O) groups is 1. The smallest absolute Gasteiger partial charge is 0.191 e. The molecule has 0 aromatic rings. The summed E-state index contributed by atoms with van der Waals surface area (Å²) in [6.07, 6.45) is 0.767. The molecular weight excluding hydrogens is 142 g/mol. The van der Waals surface area contributed by atoms with E-state index in [1.54, 1.807) is 32.8 Å². The Kier molecular flexibility index (Phi) is 3.04. The van der Waals surface area contributed by atoms with E-state index < -0.39 is 5.54 Å². The van der Waals surface area contributed by atoms with E-state index in [-0.39, 0.29) is 0 Å². The highest BCUT2D eigenvalue weighted by Gasteiger charge is 2.14. The van der Waals surface area contributed by atoms with Gasteiger partial charge in [-0.25, -0.2) is 4.99 Å². The molecule has 0 fully saturated rings. The second-order valence-electron chi connectivity index (χ2n) is 3.14. The molecule has 0 saturated heterocycles. The molecule has 0 aromatic heterocycles. The highest BCUT2D eigenvalue weighted by molar-refractivity contribution is 5.80. The SMILES string of the molecule is CN(C)C(N)=NC(C)(C)C=O. The molecule has 0 bridgehead atoms. The van der Waals surface area contributed by atoms with E-state index in [0.29, 0.717) is 5.96 Å². The molecule has 2 N–H and O–H groups in total. The summed E-state index contributed by atoms with van der Waals surface area (Å²) < 4.78 is 0. The topological polar surface area (TPSA) is 58.7 Å². The van der Waals surface area contributed by atoms with E-state index in [0.717, 1.165) is 6.29 Å². The normalized spacial score (nSPS) is 12.9. The van der Waals surface area contributed by atoms with E-state index in [1.165, 1.54) is 0 Å². The summed E-state index contributed by atoms with van der Waals surface area (Å²) in [6.45, 7) is 3.41. The summed E-state index contributed by atoms with van der Waals surface area (Å²) in [6, 6.07) is 0. The van der Waals surface area contributed by atoms with Crippen molar-refractivity contribution in [3.05, 3.63) is 0 Å². The lowest BCUT2D eigenvalue weighted by Gasteiger charge is -2.16. The summed E-state index contributed by atoms with van der Waals surface area (Å²) in [7, 11) is 3.55. The summed E-state index contributed by atoms with van der Waals surface area (Å²) in [5.41, 5.74) is 4.78. The maximum Gasteiger partial charge on any atom is 0.191 e. The van der Waals surface area contributed by atoms with Crippen LogP contribution >= 0.6 is 0 Å². The summed E-state index contributed by atoms with van der Waals surface area (Å²) >= 11 is 0. The first kappa shape index (κ1) is 9.94. The number of hydrogen-bond acceptors (Lipinski definition) is 2. The quantitative estimate of drug-likeness (QED) is 0.344. The number of carbonyl (C=O) groups excluding carboxylic acids is 1. The van der Waals surface area contributed by atoms with Gasteiger partial charge in [0.25, 0.3) is 0 Å². The molecule has 0 atom stereocenters. The number of guanidine groups is 1. The lowest BCUT2D eigenvalue weighted by molar-refractivity contribution is -0.111. The molecule has 0 amide bonds. The number of aldehydes is 1. The van der Waals surface area contributed by atoms with Crippen molar-refractivity contribution in [3.63, 3.8) is 0 Å². The van der Waals surface area contributed by atoms with Gasteiger partial charge in [0.05, 0.1) is 0 Å². The van der Waals surface area contributed by atoms with Crippen LogP contribution in [0.25, 0.3) is 0 Å². The molecule has 0 aromatic carbocycles.